The summed E-state index contributed by atoms with van der Waals surface area (Å²) in [6.07, 6.45) is 4.15. The van der Waals surface area contributed by atoms with Crippen molar-refractivity contribution in [2.45, 2.75) is 6.92 Å². The molecule has 2 aromatic carbocycles. The first-order valence-electron chi connectivity index (χ1n) is 5.04. The van der Waals surface area contributed by atoms with Gasteiger partial charge in [-0.25, -0.2) is 0 Å². The number of methoxy groups -OCH3 is 1. The summed E-state index contributed by atoms with van der Waals surface area (Å²) in [4.78, 5) is 0. The van der Waals surface area contributed by atoms with Crippen LogP contribution in [-0.4, -0.2) is 7.11 Å². The average Bonchev–Trinajstić information content (AvgIpc) is 2.29. The fraction of sp³-hybridized carbons (Fsp3) is 0.143. The van der Waals surface area contributed by atoms with E-state index < -0.39 is 0 Å². The van der Waals surface area contributed by atoms with Crippen LogP contribution in [0.5, 0.6) is 5.75 Å². The molecule has 2 rings (SSSR count). The summed E-state index contributed by atoms with van der Waals surface area (Å²) in [6.45, 7) is 2.03. The minimum atomic E-state index is 0.904. The average molecular weight is 198 g/mol. The van der Waals surface area contributed by atoms with Crippen LogP contribution < -0.4 is 4.74 Å². The highest BCUT2D eigenvalue weighted by atomic mass is 16.5. The van der Waals surface area contributed by atoms with Gasteiger partial charge in [0.15, 0.2) is 0 Å². The van der Waals surface area contributed by atoms with Crippen LogP contribution in [0.1, 0.15) is 12.5 Å². The molecule has 0 aliphatic heterocycles. The molecule has 0 heterocycles. The van der Waals surface area contributed by atoms with Gasteiger partial charge in [-0.2, -0.15) is 0 Å². The minimum Gasteiger partial charge on any atom is -0.497 e. The number of rotatable bonds is 2. The Morgan fingerprint density at radius 3 is 2.47 bits per heavy atom. The Bertz CT molecular complexity index is 498. The van der Waals surface area contributed by atoms with E-state index in [1.165, 1.54) is 16.3 Å². The fourth-order valence-electron chi connectivity index (χ4n) is 1.67. The standard InChI is InChI=1S/C14H14O/c1-3-4-11-5-6-13-10-14(15-2)8-7-12(13)9-11/h3-10H,1-2H3/b4-3+. The van der Waals surface area contributed by atoms with E-state index in [-0.39, 0.29) is 0 Å². The van der Waals surface area contributed by atoms with Gasteiger partial charge in [0.1, 0.15) is 5.75 Å². The molecule has 1 nitrogen and oxygen atoms in total. The van der Waals surface area contributed by atoms with Gasteiger partial charge >= 0.3 is 0 Å². The van der Waals surface area contributed by atoms with Gasteiger partial charge in [-0.05, 0) is 41.5 Å². The van der Waals surface area contributed by atoms with E-state index in [0.29, 0.717) is 0 Å². The summed E-state index contributed by atoms with van der Waals surface area (Å²) < 4.78 is 5.19. The fourth-order valence-corrected chi connectivity index (χ4v) is 1.67. The molecule has 0 radical (unpaired) electrons. The molecule has 0 saturated carbocycles. The van der Waals surface area contributed by atoms with Crippen molar-refractivity contribution in [2.24, 2.45) is 0 Å². The van der Waals surface area contributed by atoms with Crippen LogP contribution in [0.25, 0.3) is 16.8 Å². The van der Waals surface area contributed by atoms with E-state index in [9.17, 15) is 0 Å². The second kappa shape index (κ2) is 4.18. The Balaban J connectivity index is 2.54. The van der Waals surface area contributed by atoms with Crippen LogP contribution in [0.3, 0.4) is 0 Å². The van der Waals surface area contributed by atoms with Crippen molar-refractivity contribution in [1.29, 1.82) is 0 Å². The molecule has 15 heavy (non-hydrogen) atoms. The largest absolute Gasteiger partial charge is 0.497 e. The first-order chi connectivity index (χ1) is 7.33. The maximum absolute atomic E-state index is 5.19. The molecule has 0 amide bonds. The number of hydrogen-bond donors (Lipinski definition) is 0. The molecule has 0 bridgehead atoms. The van der Waals surface area contributed by atoms with Crippen molar-refractivity contribution in [2.75, 3.05) is 7.11 Å². The lowest BCUT2D eigenvalue weighted by molar-refractivity contribution is 0.415. The normalized spacial score (nSPS) is 11.1. The van der Waals surface area contributed by atoms with Gasteiger partial charge in [-0.1, -0.05) is 30.4 Å². The van der Waals surface area contributed by atoms with E-state index in [2.05, 4.69) is 36.4 Å². The second-order valence-electron chi connectivity index (χ2n) is 3.47. The lowest BCUT2D eigenvalue weighted by atomic mass is 10.1. The smallest absolute Gasteiger partial charge is 0.119 e. The predicted octanol–water partition coefficient (Wildman–Crippen LogP) is 3.88. The molecule has 0 fully saturated rings. The van der Waals surface area contributed by atoms with Gasteiger partial charge in [0, 0.05) is 0 Å². The van der Waals surface area contributed by atoms with Crippen molar-refractivity contribution in [3.8, 4) is 5.75 Å². The molecule has 0 aromatic heterocycles. The van der Waals surface area contributed by atoms with Crippen LogP contribution in [0.2, 0.25) is 0 Å². The van der Waals surface area contributed by atoms with Crippen molar-refractivity contribution in [1.82, 2.24) is 0 Å². The Morgan fingerprint density at radius 2 is 1.73 bits per heavy atom. The van der Waals surface area contributed by atoms with E-state index in [1.807, 2.05) is 19.1 Å². The Kier molecular flexibility index (Phi) is 2.72. The second-order valence-corrected chi connectivity index (χ2v) is 3.47. The molecule has 0 spiro atoms. The quantitative estimate of drug-likeness (QED) is 0.711. The lowest BCUT2D eigenvalue weighted by Crippen LogP contribution is -1.82. The SMILES string of the molecule is C/C=C/c1ccc2cc(OC)ccc2c1. The van der Waals surface area contributed by atoms with E-state index in [0.717, 1.165) is 5.75 Å². The molecular formula is C14H14O. The maximum Gasteiger partial charge on any atom is 0.119 e. The Labute approximate surface area is 90.0 Å². The number of ether oxygens (including phenoxy) is 1. The molecular weight excluding hydrogens is 184 g/mol. The van der Waals surface area contributed by atoms with E-state index in [1.54, 1.807) is 7.11 Å². The van der Waals surface area contributed by atoms with Gasteiger partial charge in [-0.3, -0.25) is 0 Å². The van der Waals surface area contributed by atoms with Crippen molar-refractivity contribution < 1.29 is 4.74 Å². The van der Waals surface area contributed by atoms with Gasteiger partial charge in [-0.15, -0.1) is 0 Å². The van der Waals surface area contributed by atoms with Gasteiger partial charge in [0.2, 0.25) is 0 Å². The van der Waals surface area contributed by atoms with Crippen molar-refractivity contribution in [3.05, 3.63) is 48.0 Å². The van der Waals surface area contributed by atoms with Crippen LogP contribution in [-0.2, 0) is 0 Å². The van der Waals surface area contributed by atoms with Crippen molar-refractivity contribution >= 4 is 16.8 Å². The monoisotopic (exact) mass is 198 g/mol. The zero-order valence-electron chi connectivity index (χ0n) is 9.03. The Morgan fingerprint density at radius 1 is 1.00 bits per heavy atom. The first-order valence-corrected chi connectivity index (χ1v) is 5.04. The molecule has 0 saturated heterocycles. The van der Waals surface area contributed by atoms with E-state index in [4.69, 9.17) is 4.74 Å². The molecule has 0 atom stereocenters. The first kappa shape index (κ1) is 9.78. The molecule has 2 aromatic rings. The Hall–Kier alpha value is -1.76. The third kappa shape index (κ3) is 2.01. The zero-order chi connectivity index (χ0) is 10.7. The minimum absolute atomic E-state index is 0.904. The topological polar surface area (TPSA) is 9.23 Å². The lowest BCUT2D eigenvalue weighted by Gasteiger charge is -2.03. The van der Waals surface area contributed by atoms with E-state index >= 15 is 0 Å². The highest BCUT2D eigenvalue weighted by Crippen LogP contribution is 2.22. The number of hydrogen-bond acceptors (Lipinski definition) is 1. The third-order valence-corrected chi connectivity index (χ3v) is 2.43. The number of benzene rings is 2. The zero-order valence-corrected chi connectivity index (χ0v) is 9.03. The summed E-state index contributed by atoms with van der Waals surface area (Å²) >= 11 is 0. The van der Waals surface area contributed by atoms with Crippen LogP contribution >= 0.6 is 0 Å². The highest BCUT2D eigenvalue weighted by molar-refractivity contribution is 5.86. The van der Waals surface area contributed by atoms with Gasteiger partial charge in [0.05, 0.1) is 7.11 Å². The van der Waals surface area contributed by atoms with Crippen LogP contribution in [0, 0.1) is 0 Å². The van der Waals surface area contributed by atoms with Gasteiger partial charge in [0.25, 0.3) is 0 Å². The third-order valence-electron chi connectivity index (χ3n) is 2.43. The summed E-state index contributed by atoms with van der Waals surface area (Å²) in [5, 5.41) is 2.45. The summed E-state index contributed by atoms with van der Waals surface area (Å²) in [7, 11) is 1.69. The molecule has 0 aliphatic rings. The molecule has 0 unspecified atom stereocenters. The molecule has 0 aliphatic carbocycles. The predicted molar refractivity (Wildman–Crippen MR) is 65.2 cm³/mol. The summed E-state index contributed by atoms with van der Waals surface area (Å²) in [6, 6.07) is 12.5. The molecule has 1 heteroatoms. The summed E-state index contributed by atoms with van der Waals surface area (Å²) in [5.74, 6) is 0.904. The summed E-state index contributed by atoms with van der Waals surface area (Å²) in [5.41, 5.74) is 1.23. The van der Waals surface area contributed by atoms with Crippen molar-refractivity contribution in [3.63, 3.8) is 0 Å². The van der Waals surface area contributed by atoms with Crippen LogP contribution in [0.4, 0.5) is 0 Å². The molecule has 76 valence electrons. The van der Waals surface area contributed by atoms with Crippen LogP contribution in [0.15, 0.2) is 42.5 Å². The maximum atomic E-state index is 5.19. The number of fused-ring (bicyclic) bond motifs is 1. The highest BCUT2D eigenvalue weighted by Gasteiger charge is 1.96. The molecule has 0 N–H and O–H groups in total. The van der Waals surface area contributed by atoms with Gasteiger partial charge < -0.3 is 4.74 Å². The number of allylic oxidation sites excluding steroid dienone is 1.